The van der Waals surface area contributed by atoms with Gasteiger partial charge in [0, 0.05) is 26.4 Å². The van der Waals surface area contributed by atoms with E-state index in [1.165, 1.54) is 0 Å². The summed E-state index contributed by atoms with van der Waals surface area (Å²) >= 11 is 0. The molecule has 14 heavy (non-hydrogen) atoms. The Labute approximate surface area is 88.3 Å². The molecule has 0 atom stereocenters. The minimum Gasteiger partial charge on any atom is -0.394 e. The van der Waals surface area contributed by atoms with Crippen molar-refractivity contribution in [2.45, 2.75) is 33.6 Å². The highest BCUT2D eigenvalue weighted by Gasteiger charge is 2.26. The number of rotatable bonds is 9. The zero-order valence-electron chi connectivity index (χ0n) is 9.62. The maximum Gasteiger partial charge on any atom is 0.379 e. The summed E-state index contributed by atoms with van der Waals surface area (Å²) in [5, 5.41) is 0. The van der Waals surface area contributed by atoms with Crippen molar-refractivity contribution in [2.24, 2.45) is 0 Å². The molecule has 0 aromatic rings. The van der Waals surface area contributed by atoms with E-state index in [4.69, 9.17) is 18.3 Å². The average molecular weight is 222 g/mol. The van der Waals surface area contributed by atoms with Gasteiger partial charge in [0.1, 0.15) is 0 Å². The fourth-order valence-corrected chi connectivity index (χ4v) is 2.83. The van der Waals surface area contributed by atoms with Crippen LogP contribution in [0.15, 0.2) is 0 Å². The maximum absolute atomic E-state index is 5.52. The van der Waals surface area contributed by atoms with Gasteiger partial charge in [0.2, 0.25) is 0 Å². The molecule has 4 nitrogen and oxygen atoms in total. The molecule has 0 unspecified atom stereocenters. The van der Waals surface area contributed by atoms with Crippen molar-refractivity contribution in [3.8, 4) is 0 Å². The predicted octanol–water partition coefficient (Wildman–Crippen LogP) is 1.22. The van der Waals surface area contributed by atoms with Crippen LogP contribution in [-0.2, 0) is 18.3 Å². The third-order valence-corrected chi connectivity index (χ3v) is 3.70. The van der Waals surface area contributed by atoms with Gasteiger partial charge in [-0.05, 0) is 27.7 Å². The van der Waals surface area contributed by atoms with Gasteiger partial charge < -0.3 is 18.3 Å². The quantitative estimate of drug-likeness (QED) is 0.434. The lowest BCUT2D eigenvalue weighted by Crippen LogP contribution is -2.41. The molecule has 0 aliphatic carbocycles. The van der Waals surface area contributed by atoms with Crippen LogP contribution in [0.3, 0.4) is 0 Å². The molecule has 0 aromatic heterocycles. The predicted molar refractivity (Wildman–Crippen MR) is 57.4 cm³/mol. The fourth-order valence-electron chi connectivity index (χ4n) is 1.07. The first-order chi connectivity index (χ1) is 6.79. The van der Waals surface area contributed by atoms with E-state index in [2.05, 4.69) is 0 Å². The first-order valence-electron chi connectivity index (χ1n) is 5.26. The van der Waals surface area contributed by atoms with Crippen LogP contribution in [0.2, 0.25) is 0 Å². The van der Waals surface area contributed by atoms with Crippen LogP contribution in [0.4, 0.5) is 0 Å². The summed E-state index contributed by atoms with van der Waals surface area (Å²) in [6.07, 6.45) is 0. The van der Waals surface area contributed by atoms with Gasteiger partial charge in [0.05, 0.1) is 0 Å². The van der Waals surface area contributed by atoms with E-state index in [0.717, 1.165) is 0 Å². The molecule has 0 fully saturated rings. The van der Waals surface area contributed by atoms with E-state index in [9.17, 15) is 0 Å². The Hall–Kier alpha value is 0.0569. The maximum atomic E-state index is 5.52. The average Bonchev–Trinajstić information content (AvgIpc) is 2.17. The SMILES string of the molecule is CCOC(OCC)[SiH](OCC)OCC. The van der Waals surface area contributed by atoms with Gasteiger partial charge in [0.25, 0.3) is 0 Å². The highest BCUT2D eigenvalue weighted by atomic mass is 28.3. The van der Waals surface area contributed by atoms with E-state index in [1.807, 2.05) is 27.7 Å². The van der Waals surface area contributed by atoms with Crippen molar-refractivity contribution < 1.29 is 18.3 Å². The molecule has 5 heteroatoms. The second-order valence-corrected chi connectivity index (χ2v) is 4.51. The highest BCUT2D eigenvalue weighted by molar-refractivity contribution is 6.45. The van der Waals surface area contributed by atoms with Crippen LogP contribution in [0.1, 0.15) is 27.7 Å². The Balaban J connectivity index is 4.06. The Bertz CT molecular complexity index is 97.4. The summed E-state index contributed by atoms with van der Waals surface area (Å²) in [5.41, 5.74) is 0. The topological polar surface area (TPSA) is 36.9 Å². The highest BCUT2D eigenvalue weighted by Crippen LogP contribution is 2.04. The zero-order valence-corrected chi connectivity index (χ0v) is 10.8. The van der Waals surface area contributed by atoms with Crippen molar-refractivity contribution in [3.63, 3.8) is 0 Å². The fraction of sp³-hybridized carbons (Fsp3) is 1.00. The summed E-state index contributed by atoms with van der Waals surface area (Å²) in [7, 11) is -1.83. The summed E-state index contributed by atoms with van der Waals surface area (Å²) in [6, 6.07) is 0. The van der Waals surface area contributed by atoms with Crippen LogP contribution in [-0.4, -0.2) is 41.6 Å². The second-order valence-electron chi connectivity index (χ2n) is 2.56. The lowest BCUT2D eigenvalue weighted by molar-refractivity contribution is -0.106. The summed E-state index contributed by atoms with van der Waals surface area (Å²) in [4.78, 5) is 0. The van der Waals surface area contributed by atoms with Gasteiger partial charge in [-0.15, -0.1) is 0 Å². The standard InChI is InChI=1S/C9H22O4Si/c1-5-10-9(11-6-2)14(12-7-3)13-8-4/h9,14H,5-8H2,1-4H3. The van der Waals surface area contributed by atoms with Gasteiger partial charge in [0.15, 0.2) is 5.91 Å². The van der Waals surface area contributed by atoms with Crippen molar-refractivity contribution in [3.05, 3.63) is 0 Å². The molecule has 0 spiro atoms. The smallest absolute Gasteiger partial charge is 0.379 e. The lowest BCUT2D eigenvalue weighted by Gasteiger charge is -2.24. The molecule has 0 radical (unpaired) electrons. The normalized spacial score (nSPS) is 11.6. The summed E-state index contributed by atoms with van der Waals surface area (Å²) < 4.78 is 21.9. The number of hydrogen-bond donors (Lipinski definition) is 0. The van der Waals surface area contributed by atoms with Gasteiger partial charge in [-0.25, -0.2) is 0 Å². The number of ether oxygens (including phenoxy) is 2. The molecule has 0 aliphatic rings. The van der Waals surface area contributed by atoms with Crippen LogP contribution in [0, 0.1) is 0 Å². The molecule has 0 bridgehead atoms. The van der Waals surface area contributed by atoms with Crippen LogP contribution in [0.5, 0.6) is 0 Å². The lowest BCUT2D eigenvalue weighted by atomic mass is 10.9. The molecule has 0 aliphatic heterocycles. The van der Waals surface area contributed by atoms with Crippen LogP contribution in [0.25, 0.3) is 0 Å². The monoisotopic (exact) mass is 222 g/mol. The Morgan fingerprint density at radius 2 is 1.21 bits per heavy atom. The van der Waals surface area contributed by atoms with E-state index >= 15 is 0 Å². The number of hydrogen-bond acceptors (Lipinski definition) is 4. The molecule has 0 amide bonds. The third kappa shape index (κ3) is 5.72. The van der Waals surface area contributed by atoms with E-state index in [-0.39, 0.29) is 5.91 Å². The van der Waals surface area contributed by atoms with Gasteiger partial charge in [-0.2, -0.15) is 0 Å². The van der Waals surface area contributed by atoms with Crippen LogP contribution < -0.4 is 0 Å². The molecule has 0 N–H and O–H groups in total. The molecule has 0 saturated heterocycles. The minimum absolute atomic E-state index is 0.287. The van der Waals surface area contributed by atoms with Crippen molar-refractivity contribution in [2.75, 3.05) is 26.4 Å². The van der Waals surface area contributed by atoms with Gasteiger partial charge in [-0.1, -0.05) is 0 Å². The molecule has 0 saturated carbocycles. The van der Waals surface area contributed by atoms with E-state index in [1.54, 1.807) is 0 Å². The van der Waals surface area contributed by atoms with Crippen molar-refractivity contribution in [1.29, 1.82) is 0 Å². The van der Waals surface area contributed by atoms with Crippen LogP contribution >= 0.6 is 0 Å². The van der Waals surface area contributed by atoms with Crippen molar-refractivity contribution in [1.82, 2.24) is 0 Å². The zero-order chi connectivity index (χ0) is 10.8. The molecule has 0 aromatic carbocycles. The Morgan fingerprint density at radius 3 is 1.50 bits per heavy atom. The summed E-state index contributed by atoms with van der Waals surface area (Å²) in [6.45, 7) is 10.3. The molecule has 86 valence electrons. The third-order valence-electron chi connectivity index (χ3n) is 1.55. The van der Waals surface area contributed by atoms with Gasteiger partial charge >= 0.3 is 9.28 Å². The van der Waals surface area contributed by atoms with Crippen molar-refractivity contribution >= 4 is 9.28 Å². The first kappa shape index (κ1) is 14.1. The molecule has 0 rings (SSSR count). The Morgan fingerprint density at radius 1 is 0.786 bits per heavy atom. The van der Waals surface area contributed by atoms with E-state index < -0.39 is 9.28 Å². The minimum atomic E-state index is -1.83. The first-order valence-corrected chi connectivity index (χ1v) is 6.87. The molecular formula is C9H22O4Si. The molecule has 0 heterocycles. The van der Waals surface area contributed by atoms with Gasteiger partial charge in [-0.3, -0.25) is 0 Å². The van der Waals surface area contributed by atoms with E-state index in [0.29, 0.717) is 26.4 Å². The summed E-state index contributed by atoms with van der Waals surface area (Å²) in [5.74, 6) is -0.287. The largest absolute Gasteiger partial charge is 0.394 e. The molecular weight excluding hydrogens is 200 g/mol. The second kappa shape index (κ2) is 9.61. The Kier molecular flexibility index (Phi) is 9.64.